The molecule has 15 heteroatoms. The van der Waals surface area contributed by atoms with E-state index in [0.29, 0.717) is 51.1 Å². The number of rotatable bonds is 14. The van der Waals surface area contributed by atoms with Gasteiger partial charge in [0, 0.05) is 66.6 Å². The van der Waals surface area contributed by atoms with E-state index in [1.807, 2.05) is 132 Å². The maximum atomic E-state index is 13.3. The fourth-order valence-corrected chi connectivity index (χ4v) is 19.9. The molecule has 10 aromatic carbocycles. The molecule has 0 atom stereocenters. The summed E-state index contributed by atoms with van der Waals surface area (Å²) in [6.45, 7) is 95.4. The van der Waals surface area contributed by atoms with Gasteiger partial charge in [-0.1, -0.05) is 374 Å². The summed E-state index contributed by atoms with van der Waals surface area (Å²) in [7, 11) is 0. The summed E-state index contributed by atoms with van der Waals surface area (Å²) in [6.07, 6.45) is 2.11. The van der Waals surface area contributed by atoms with Crippen LogP contribution in [0.5, 0.6) is 40.2 Å². The van der Waals surface area contributed by atoms with Crippen molar-refractivity contribution >= 4 is 39.8 Å². The maximum absolute atomic E-state index is 13.3. The van der Waals surface area contributed by atoms with E-state index in [1.54, 1.807) is 12.1 Å². The van der Waals surface area contributed by atoms with Crippen LogP contribution in [-0.2, 0) is 71.4 Å². The van der Waals surface area contributed by atoms with Crippen LogP contribution in [0.4, 0.5) is 0 Å². The van der Waals surface area contributed by atoms with Crippen LogP contribution in [0, 0.1) is 31.6 Å². The van der Waals surface area contributed by atoms with Crippen LogP contribution in [0.15, 0.2) is 161 Å². The van der Waals surface area contributed by atoms with Gasteiger partial charge in [0.05, 0.1) is 5.56 Å². The quantitative estimate of drug-likeness (QED) is 0.0443. The Hall–Kier alpha value is -10.4. The molecule has 0 spiro atoms. The number of hydrogen-bond acceptors (Lipinski definition) is 13. The van der Waals surface area contributed by atoms with Crippen molar-refractivity contribution in [1.82, 2.24) is 30.0 Å². The lowest BCUT2D eigenvalue weighted by Gasteiger charge is -2.34. The SMILES string of the molecule is CC(C)(C)CC(C)(C)c1cc(Cc2cc(C(C)(C)CC(C)(C)C)cc(-n3nc4ccccc4n3)c2O)c(O)c(-n2nc3ccccc3n2)c1.CC(C)(C)c1ccc(OC(=O)c2cc(C(C)(C)C)c(O)c(C(C)(C)C)c2)c(C(C)(C)C)c1.CC(c1cc(C(C)(C)C)cc(C(C)(C)C)c1O)c1cc(C(C)(C)C)cc(C(C)(C)C)c1O.Cc1cc(C)c(C(C)(C)C)cc1Sc1cc(C(C)(C)C)c(O)cc1C. The van der Waals surface area contributed by atoms with Gasteiger partial charge in [-0.05, 0) is 243 Å². The highest BCUT2D eigenvalue weighted by Crippen LogP contribution is 2.51. The zero-order valence-electron chi connectivity index (χ0n) is 92.7. The number of benzene rings is 10. The molecule has 0 amide bonds. The van der Waals surface area contributed by atoms with Gasteiger partial charge >= 0.3 is 5.97 Å². The van der Waals surface area contributed by atoms with Gasteiger partial charge in [0.25, 0.3) is 0 Å². The molecule has 0 bridgehead atoms. The zero-order valence-corrected chi connectivity index (χ0v) is 93.5. The van der Waals surface area contributed by atoms with Crippen molar-refractivity contribution in [2.45, 2.75) is 405 Å². The Balaban J connectivity index is 0.000000213. The van der Waals surface area contributed by atoms with E-state index in [1.165, 1.54) is 52.8 Å². The van der Waals surface area contributed by atoms with Gasteiger partial charge in [-0.2, -0.15) is 0 Å². The molecule has 0 fully saturated rings. The van der Waals surface area contributed by atoms with E-state index in [2.05, 4.69) is 324 Å². The third-order valence-electron chi connectivity index (χ3n) is 26.3. The fraction of sp³-hybridized carbons (Fsp3) is 0.504. The molecular formula is C123H170N6O8S. The number of phenols is 6. The minimum atomic E-state index is -0.407. The monoisotopic (exact) mass is 1890 g/mol. The average molecular weight is 1890 g/mol. The number of aryl methyl sites for hydroxylation is 3. The number of ether oxygens (including phenoxy) is 1. The number of esters is 1. The van der Waals surface area contributed by atoms with E-state index in [0.717, 1.165) is 96.1 Å². The van der Waals surface area contributed by atoms with Gasteiger partial charge in [0.1, 0.15) is 73.7 Å². The lowest BCUT2D eigenvalue weighted by Crippen LogP contribution is -2.25. The van der Waals surface area contributed by atoms with Gasteiger partial charge in [-0.3, -0.25) is 0 Å². The summed E-state index contributed by atoms with van der Waals surface area (Å²) >= 11 is 1.81. The first kappa shape index (κ1) is 111. The number of carbonyl (C=O) groups excluding carboxylic acids is 1. The Morgan fingerprint density at radius 1 is 0.319 bits per heavy atom. The number of aromatic nitrogens is 6. The van der Waals surface area contributed by atoms with Crippen LogP contribution in [0.25, 0.3) is 33.4 Å². The van der Waals surface area contributed by atoms with Gasteiger partial charge in [0.15, 0.2) is 0 Å². The first-order chi connectivity index (χ1) is 62.5. The molecule has 746 valence electrons. The number of aromatic hydroxyl groups is 6. The van der Waals surface area contributed by atoms with Crippen LogP contribution >= 0.6 is 11.8 Å². The van der Waals surface area contributed by atoms with Crippen LogP contribution < -0.4 is 4.74 Å². The molecular weight excluding hydrogens is 1720 g/mol. The maximum Gasteiger partial charge on any atom is 0.343 e. The van der Waals surface area contributed by atoms with Crippen molar-refractivity contribution in [1.29, 1.82) is 0 Å². The highest BCUT2D eigenvalue weighted by atomic mass is 32.2. The highest BCUT2D eigenvalue weighted by molar-refractivity contribution is 7.99. The topological polar surface area (TPSA) is 209 Å². The number of carbonyl (C=O) groups is 1. The minimum Gasteiger partial charge on any atom is -0.508 e. The summed E-state index contributed by atoms with van der Waals surface area (Å²) in [5.74, 6) is 1.52. The second-order valence-electron chi connectivity index (χ2n) is 53.2. The van der Waals surface area contributed by atoms with E-state index in [9.17, 15) is 35.4 Å². The molecule has 138 heavy (non-hydrogen) atoms. The largest absolute Gasteiger partial charge is 0.508 e. The summed E-state index contributed by atoms with van der Waals surface area (Å²) in [5.41, 5.74) is 22.4. The van der Waals surface area contributed by atoms with Gasteiger partial charge in [-0.25, -0.2) is 4.79 Å². The third kappa shape index (κ3) is 27.0. The average Bonchev–Trinajstić information content (AvgIpc) is 1.66. The van der Waals surface area contributed by atoms with Crippen molar-refractivity contribution in [3.63, 3.8) is 0 Å². The second-order valence-corrected chi connectivity index (χ2v) is 54.3. The molecule has 14 nitrogen and oxygen atoms in total. The summed E-state index contributed by atoms with van der Waals surface area (Å²) in [5, 5.41) is 87.1. The van der Waals surface area contributed by atoms with Crippen molar-refractivity contribution in [2.75, 3.05) is 0 Å². The molecule has 6 N–H and O–H groups in total. The first-order valence-corrected chi connectivity index (χ1v) is 50.3. The Morgan fingerprint density at radius 2 is 0.638 bits per heavy atom. The standard InChI is InChI=1S/C41H50N6O2.C30H46O2.C29H42O3.C23H32OS/c1-38(2,3)24-40(7,8)28-20-26(36(48)34(22-28)46-42-30-15-11-12-16-31(30)43-46)19-27-21-29(41(9,10)25-39(4,5)6)23-35(37(27)49)47-44-32-17-13-14-18-33(32)45-47;1-18(21-14-19(27(2,3)4)16-23(25(21)31)29(8,9)10)22-15-20(28(5,6)7)17-24(26(22)32)30(11,12)13;1-26(2,3)19-13-14-23(20(17-19)27(4,5)6)32-25(31)18-15-21(28(7,8)9)24(30)22(16-18)29(10,11)12;1-14-10-15(2)20(12-17(14)22(4,5)6)25-21-13-18(23(7,8)9)19(24)11-16(21)3/h11-18,20-23,48-49H,19,24-25H2,1-10H3;14-18,31-32H,1-13H3;13-17,30H,1-12H3;10-13,24H,1-9H3. The molecule has 0 aliphatic rings. The third-order valence-corrected chi connectivity index (χ3v) is 27.6. The lowest BCUT2D eigenvalue weighted by atomic mass is 9.71. The molecule has 12 aromatic rings. The fourth-order valence-electron chi connectivity index (χ4n) is 18.8. The van der Waals surface area contributed by atoms with Crippen molar-refractivity contribution in [3.8, 4) is 51.6 Å². The van der Waals surface area contributed by atoms with Crippen molar-refractivity contribution < 1.29 is 40.2 Å². The Morgan fingerprint density at radius 3 is 0.964 bits per heavy atom. The van der Waals surface area contributed by atoms with Gasteiger partial charge in [-0.15, -0.1) is 30.0 Å². The highest BCUT2D eigenvalue weighted by Gasteiger charge is 2.38. The van der Waals surface area contributed by atoms with Crippen LogP contribution in [0.2, 0.25) is 0 Å². The summed E-state index contributed by atoms with van der Waals surface area (Å²) in [6, 6.07) is 50.5. The normalized spacial score (nSPS) is 13.2. The smallest absolute Gasteiger partial charge is 0.343 e. The Kier molecular flexibility index (Phi) is 31.9. The zero-order chi connectivity index (χ0) is 105. The minimum absolute atomic E-state index is 0.00269. The lowest BCUT2D eigenvalue weighted by molar-refractivity contribution is 0.0731. The molecule has 2 heterocycles. The van der Waals surface area contributed by atoms with Crippen LogP contribution in [0.3, 0.4) is 0 Å². The summed E-state index contributed by atoms with van der Waals surface area (Å²) < 4.78 is 5.98. The number of fused-ring (bicyclic) bond motifs is 2. The molecule has 0 saturated heterocycles. The van der Waals surface area contributed by atoms with Crippen molar-refractivity contribution in [2.24, 2.45) is 10.8 Å². The van der Waals surface area contributed by atoms with Crippen LogP contribution in [-0.4, -0.2) is 66.6 Å². The number of hydrogen-bond donors (Lipinski definition) is 6. The summed E-state index contributed by atoms with van der Waals surface area (Å²) in [4.78, 5) is 18.9. The van der Waals surface area contributed by atoms with E-state index in [4.69, 9.17) is 25.1 Å². The Bertz CT molecular complexity index is 6030. The molecule has 0 aliphatic carbocycles. The Labute approximate surface area is 834 Å². The van der Waals surface area contributed by atoms with E-state index < -0.39 is 5.97 Å². The van der Waals surface area contributed by atoms with Gasteiger partial charge < -0.3 is 35.4 Å². The molecule has 0 unspecified atom stereocenters. The van der Waals surface area contributed by atoms with Gasteiger partial charge in [0.2, 0.25) is 0 Å². The van der Waals surface area contributed by atoms with Crippen LogP contribution in [0.1, 0.15) is 419 Å². The predicted molar refractivity (Wildman–Crippen MR) is 581 cm³/mol. The number of nitrogens with zero attached hydrogens (tertiary/aromatic N) is 6. The molecule has 2 aromatic heterocycles. The molecule has 0 aliphatic heterocycles. The molecule has 0 saturated carbocycles. The molecule has 12 rings (SSSR count). The van der Waals surface area contributed by atoms with E-state index in [-0.39, 0.29) is 105 Å². The molecule has 0 radical (unpaired) electrons. The predicted octanol–water partition coefficient (Wildman–Crippen LogP) is 32.9. The second kappa shape index (κ2) is 39.6. The van der Waals surface area contributed by atoms with E-state index >= 15 is 0 Å². The number of phenolic OH excluding ortho intramolecular Hbond substituents is 6. The van der Waals surface area contributed by atoms with Crippen molar-refractivity contribution in [3.05, 3.63) is 263 Å². The first-order valence-electron chi connectivity index (χ1n) is 49.5.